The molecule has 0 saturated heterocycles. The van der Waals surface area contributed by atoms with Gasteiger partial charge in [0.05, 0.1) is 12.8 Å². The van der Waals surface area contributed by atoms with E-state index in [1.54, 1.807) is 13.0 Å². The highest BCUT2D eigenvalue weighted by Gasteiger charge is 2.21. The number of ether oxygens (including phenoxy) is 1. The fourth-order valence-corrected chi connectivity index (χ4v) is 4.63. The van der Waals surface area contributed by atoms with Gasteiger partial charge in [0, 0.05) is 15.3 Å². The zero-order valence-electron chi connectivity index (χ0n) is 12.3. The number of hydrogen-bond acceptors (Lipinski definition) is 5. The summed E-state index contributed by atoms with van der Waals surface area (Å²) >= 11 is 1.40. The molecular weight excluding hydrogens is 324 g/mol. The van der Waals surface area contributed by atoms with Gasteiger partial charge >= 0.3 is 0 Å². The van der Waals surface area contributed by atoms with Crippen molar-refractivity contribution < 1.29 is 17.9 Å². The molecule has 2 aromatic rings. The summed E-state index contributed by atoms with van der Waals surface area (Å²) < 4.78 is 32.6. The first-order chi connectivity index (χ1) is 10.2. The molecule has 6 nitrogen and oxygen atoms in total. The molecule has 0 radical (unpaired) electrons. The number of anilines is 1. The zero-order valence-corrected chi connectivity index (χ0v) is 14.0. The lowest BCUT2D eigenvalue weighted by Crippen LogP contribution is -2.16. The van der Waals surface area contributed by atoms with Crippen molar-refractivity contribution >= 4 is 33.0 Å². The van der Waals surface area contributed by atoms with Crippen molar-refractivity contribution in [2.75, 3.05) is 11.8 Å². The molecule has 0 aliphatic heterocycles. The third-order valence-corrected chi connectivity index (χ3v) is 5.60. The second kappa shape index (κ2) is 5.98. The Morgan fingerprint density at radius 1 is 1.27 bits per heavy atom. The van der Waals surface area contributed by atoms with E-state index in [2.05, 4.69) is 4.72 Å². The van der Waals surface area contributed by atoms with Crippen LogP contribution in [0.5, 0.6) is 5.75 Å². The number of hydrogen-bond donors (Lipinski definition) is 2. The molecule has 0 unspecified atom stereocenters. The normalized spacial score (nSPS) is 11.2. The summed E-state index contributed by atoms with van der Waals surface area (Å²) in [5, 5.41) is 0. The molecule has 0 bridgehead atoms. The minimum absolute atomic E-state index is 0.169. The van der Waals surface area contributed by atoms with E-state index in [0.717, 1.165) is 4.88 Å². The van der Waals surface area contributed by atoms with Gasteiger partial charge in [-0.1, -0.05) is 0 Å². The molecule has 0 aliphatic rings. The Morgan fingerprint density at radius 3 is 2.45 bits per heavy atom. The highest BCUT2D eigenvalue weighted by molar-refractivity contribution is 7.93. The first-order valence-corrected chi connectivity index (χ1v) is 8.62. The largest absolute Gasteiger partial charge is 0.495 e. The number of primary amides is 1. The van der Waals surface area contributed by atoms with E-state index in [-0.39, 0.29) is 16.1 Å². The van der Waals surface area contributed by atoms with Crippen LogP contribution in [0.2, 0.25) is 0 Å². The summed E-state index contributed by atoms with van der Waals surface area (Å²) in [6, 6.07) is 5.92. The number of carbonyl (C=O) groups excluding carboxylic acids is 1. The van der Waals surface area contributed by atoms with Gasteiger partial charge in [-0.25, -0.2) is 8.42 Å². The van der Waals surface area contributed by atoms with Crippen molar-refractivity contribution in [1.82, 2.24) is 0 Å². The molecule has 0 fully saturated rings. The van der Waals surface area contributed by atoms with E-state index < -0.39 is 15.9 Å². The van der Waals surface area contributed by atoms with Crippen molar-refractivity contribution in [3.05, 3.63) is 39.6 Å². The molecule has 0 atom stereocenters. The van der Waals surface area contributed by atoms with Crippen LogP contribution in [0.3, 0.4) is 0 Å². The Kier molecular flexibility index (Phi) is 4.43. The van der Waals surface area contributed by atoms with E-state index in [9.17, 15) is 13.2 Å². The monoisotopic (exact) mass is 340 g/mol. The van der Waals surface area contributed by atoms with E-state index >= 15 is 0 Å². The molecule has 0 aliphatic carbocycles. The van der Waals surface area contributed by atoms with Gasteiger partial charge in [0.25, 0.3) is 10.0 Å². The highest BCUT2D eigenvalue weighted by atomic mass is 32.2. The number of rotatable bonds is 5. The van der Waals surface area contributed by atoms with Crippen molar-refractivity contribution in [2.45, 2.75) is 18.7 Å². The predicted molar refractivity (Wildman–Crippen MR) is 86.1 cm³/mol. The number of nitrogens with two attached hydrogens (primary N) is 1. The Bertz CT molecular complexity index is 825. The molecule has 3 N–H and O–H groups in total. The fourth-order valence-electron chi connectivity index (χ4n) is 2.02. The van der Waals surface area contributed by atoms with Gasteiger partial charge in [-0.2, -0.15) is 0 Å². The number of methoxy groups -OCH3 is 1. The van der Waals surface area contributed by atoms with Gasteiger partial charge in [-0.3, -0.25) is 9.52 Å². The summed E-state index contributed by atoms with van der Waals surface area (Å²) in [6.07, 6.45) is 0. The number of benzene rings is 1. The minimum atomic E-state index is -3.77. The predicted octanol–water partition coefficient (Wildman–Crippen LogP) is 2.27. The number of thiophene rings is 1. The number of carbonyl (C=O) groups is 1. The third kappa shape index (κ3) is 3.23. The maximum absolute atomic E-state index is 12.5. The molecule has 0 saturated carbocycles. The maximum atomic E-state index is 12.5. The van der Waals surface area contributed by atoms with E-state index in [4.69, 9.17) is 10.5 Å². The second-order valence-corrected chi connectivity index (χ2v) is 7.77. The first-order valence-electron chi connectivity index (χ1n) is 6.32. The van der Waals surface area contributed by atoms with Crippen LogP contribution in [0.25, 0.3) is 0 Å². The molecule has 1 aromatic carbocycles. The second-order valence-electron chi connectivity index (χ2n) is 4.66. The van der Waals surface area contributed by atoms with E-state index in [1.165, 1.54) is 36.6 Å². The molecule has 1 heterocycles. The van der Waals surface area contributed by atoms with E-state index in [0.29, 0.717) is 10.6 Å². The Balaban J connectivity index is 2.47. The van der Waals surface area contributed by atoms with Gasteiger partial charge in [-0.15, -0.1) is 11.3 Å². The Hall–Kier alpha value is -2.06. The molecule has 8 heteroatoms. The average molecular weight is 340 g/mol. The van der Waals surface area contributed by atoms with Gasteiger partial charge in [0.15, 0.2) is 0 Å². The number of sulfonamides is 1. The van der Waals surface area contributed by atoms with Gasteiger partial charge < -0.3 is 10.5 Å². The molecular formula is C14H16N2O4S2. The average Bonchev–Trinajstić information content (AvgIpc) is 2.78. The number of aryl methyl sites for hydroxylation is 2. The molecule has 118 valence electrons. The molecule has 1 aromatic heterocycles. The SMILES string of the molecule is COc1ccc(C(N)=O)cc1NS(=O)(=O)c1cc(C)sc1C. The fraction of sp³-hybridized carbons (Fsp3) is 0.214. The molecule has 22 heavy (non-hydrogen) atoms. The first kappa shape index (κ1) is 16.3. The van der Waals surface area contributed by atoms with Crippen LogP contribution in [0.15, 0.2) is 29.2 Å². The lowest BCUT2D eigenvalue weighted by atomic mass is 10.2. The number of amides is 1. The summed E-state index contributed by atoms with van der Waals surface area (Å²) in [4.78, 5) is 13.1. The smallest absolute Gasteiger partial charge is 0.263 e. The lowest BCUT2D eigenvalue weighted by Gasteiger charge is -2.12. The Labute approximate surface area is 133 Å². The van der Waals surface area contributed by atoms with Gasteiger partial charge in [0.1, 0.15) is 10.6 Å². The highest BCUT2D eigenvalue weighted by Crippen LogP contribution is 2.31. The van der Waals surface area contributed by atoms with Crippen LogP contribution in [0, 0.1) is 13.8 Å². The Morgan fingerprint density at radius 2 is 1.95 bits per heavy atom. The molecule has 2 rings (SSSR count). The topological polar surface area (TPSA) is 98.5 Å². The van der Waals surface area contributed by atoms with Crippen LogP contribution in [0.1, 0.15) is 20.1 Å². The molecule has 1 amide bonds. The molecule has 0 spiro atoms. The van der Waals surface area contributed by atoms with Crippen LogP contribution in [0.4, 0.5) is 5.69 Å². The number of nitrogens with one attached hydrogen (secondary N) is 1. The summed E-state index contributed by atoms with van der Waals surface area (Å²) in [5.74, 6) is -0.344. The maximum Gasteiger partial charge on any atom is 0.263 e. The van der Waals surface area contributed by atoms with Crippen LogP contribution in [-0.2, 0) is 10.0 Å². The quantitative estimate of drug-likeness (QED) is 0.872. The van der Waals surface area contributed by atoms with E-state index in [1.807, 2.05) is 6.92 Å². The van der Waals surface area contributed by atoms with Crippen molar-refractivity contribution in [1.29, 1.82) is 0 Å². The van der Waals surface area contributed by atoms with Crippen molar-refractivity contribution in [3.8, 4) is 5.75 Å². The van der Waals surface area contributed by atoms with Crippen LogP contribution >= 0.6 is 11.3 Å². The standard InChI is InChI=1S/C14H16N2O4S2/c1-8-6-13(9(2)21-8)22(18,19)16-11-7-10(14(15)17)4-5-12(11)20-3/h4-7,16H,1-3H3,(H2,15,17). The summed E-state index contributed by atoms with van der Waals surface area (Å²) in [5.41, 5.74) is 5.58. The van der Waals surface area contributed by atoms with Crippen LogP contribution in [-0.4, -0.2) is 21.4 Å². The van der Waals surface area contributed by atoms with Crippen molar-refractivity contribution in [3.63, 3.8) is 0 Å². The summed E-state index contributed by atoms with van der Waals surface area (Å²) in [6.45, 7) is 3.58. The van der Waals surface area contributed by atoms with Crippen LogP contribution < -0.4 is 15.2 Å². The lowest BCUT2D eigenvalue weighted by molar-refractivity contribution is 0.100. The third-order valence-electron chi connectivity index (χ3n) is 3.01. The van der Waals surface area contributed by atoms with Gasteiger partial charge in [-0.05, 0) is 38.1 Å². The minimum Gasteiger partial charge on any atom is -0.495 e. The van der Waals surface area contributed by atoms with Gasteiger partial charge in [0.2, 0.25) is 5.91 Å². The van der Waals surface area contributed by atoms with Crippen molar-refractivity contribution in [2.24, 2.45) is 5.73 Å². The zero-order chi connectivity index (χ0) is 16.5. The summed E-state index contributed by atoms with van der Waals surface area (Å²) in [7, 11) is -2.36.